The third-order valence-electron chi connectivity index (χ3n) is 3.90. The van der Waals surface area contributed by atoms with E-state index in [9.17, 15) is 26.4 Å². The van der Waals surface area contributed by atoms with Crippen LogP contribution in [0.5, 0.6) is 5.75 Å². The number of nitrogens with zero attached hydrogens (tertiary/aromatic N) is 2. The number of hydrogen-bond acceptors (Lipinski definition) is 6. The first-order valence-electron chi connectivity index (χ1n) is 7.70. The standard InChI is InChI=1S/C15H15F3N2O5S2/c1-24-6-13(21)19-14-20(11-7-27(22,23)8-12(11)26-14)9-2-4-10(5-3-9)25-15(16,17)18/h2-5,11-12H,6-8H2,1H3/t11-,12-/m0/s1. The summed E-state index contributed by atoms with van der Waals surface area (Å²) in [6, 6.07) is 4.53. The molecule has 0 bridgehead atoms. The average Bonchev–Trinajstić information content (AvgIpc) is 2.98. The SMILES string of the molecule is COCC(=O)N=C1S[C@H]2CS(=O)(=O)C[C@@H]2N1c1ccc(OC(F)(F)F)cc1. The monoisotopic (exact) mass is 424 g/mol. The van der Waals surface area contributed by atoms with E-state index in [4.69, 9.17) is 4.74 Å². The molecule has 2 saturated heterocycles. The highest BCUT2D eigenvalue weighted by Crippen LogP contribution is 2.41. The van der Waals surface area contributed by atoms with Gasteiger partial charge in [0.2, 0.25) is 0 Å². The number of ether oxygens (including phenoxy) is 2. The van der Waals surface area contributed by atoms with E-state index in [0.29, 0.717) is 10.9 Å². The molecule has 0 unspecified atom stereocenters. The number of halogens is 3. The van der Waals surface area contributed by atoms with Gasteiger partial charge >= 0.3 is 6.36 Å². The molecule has 0 saturated carbocycles. The Hall–Kier alpha value is -1.79. The zero-order valence-electron chi connectivity index (χ0n) is 14.0. The first-order chi connectivity index (χ1) is 12.6. The van der Waals surface area contributed by atoms with Crippen LogP contribution in [-0.2, 0) is 19.4 Å². The molecule has 0 radical (unpaired) electrons. The number of rotatable bonds is 4. The molecule has 0 aliphatic carbocycles. The van der Waals surface area contributed by atoms with Crippen molar-refractivity contribution < 1.29 is 35.9 Å². The summed E-state index contributed by atoms with van der Waals surface area (Å²) in [5.74, 6) is -1.11. The van der Waals surface area contributed by atoms with Crippen LogP contribution < -0.4 is 9.64 Å². The van der Waals surface area contributed by atoms with E-state index in [-0.39, 0.29) is 23.4 Å². The van der Waals surface area contributed by atoms with Gasteiger partial charge in [-0.1, -0.05) is 11.8 Å². The van der Waals surface area contributed by atoms with Crippen molar-refractivity contribution in [1.82, 2.24) is 0 Å². The third kappa shape index (κ3) is 4.74. The fourth-order valence-corrected chi connectivity index (χ4v) is 6.87. The Morgan fingerprint density at radius 3 is 2.56 bits per heavy atom. The van der Waals surface area contributed by atoms with Gasteiger partial charge in [0.25, 0.3) is 5.91 Å². The first kappa shape index (κ1) is 20.0. The van der Waals surface area contributed by atoms with E-state index in [1.54, 1.807) is 4.90 Å². The minimum absolute atomic E-state index is 0.0500. The Balaban J connectivity index is 1.91. The zero-order chi connectivity index (χ0) is 19.8. The Kier molecular flexibility index (Phi) is 5.41. The predicted molar refractivity (Wildman–Crippen MR) is 93.7 cm³/mol. The maximum Gasteiger partial charge on any atom is 0.573 e. The average molecular weight is 424 g/mol. The molecule has 1 aromatic carbocycles. The lowest BCUT2D eigenvalue weighted by molar-refractivity contribution is -0.274. The molecule has 2 aliphatic rings. The second-order valence-electron chi connectivity index (χ2n) is 5.93. The minimum Gasteiger partial charge on any atom is -0.406 e. The van der Waals surface area contributed by atoms with Crippen LogP contribution in [0.3, 0.4) is 0 Å². The van der Waals surface area contributed by atoms with Crippen LogP contribution in [0.2, 0.25) is 0 Å². The molecule has 1 amide bonds. The van der Waals surface area contributed by atoms with Gasteiger partial charge in [-0.2, -0.15) is 4.99 Å². The van der Waals surface area contributed by atoms with Gasteiger partial charge in [0.15, 0.2) is 15.0 Å². The summed E-state index contributed by atoms with van der Waals surface area (Å²) >= 11 is 1.16. The zero-order valence-corrected chi connectivity index (χ0v) is 15.6. The van der Waals surface area contributed by atoms with Gasteiger partial charge in [-0.3, -0.25) is 4.79 Å². The second-order valence-corrected chi connectivity index (χ2v) is 9.29. The van der Waals surface area contributed by atoms with Gasteiger partial charge < -0.3 is 14.4 Å². The fraction of sp³-hybridized carbons (Fsp3) is 0.467. The molecule has 12 heteroatoms. The lowest BCUT2D eigenvalue weighted by Crippen LogP contribution is -2.37. The topological polar surface area (TPSA) is 85.3 Å². The molecule has 0 aromatic heterocycles. The molecular weight excluding hydrogens is 409 g/mol. The van der Waals surface area contributed by atoms with Crippen LogP contribution in [0.15, 0.2) is 29.3 Å². The molecule has 148 valence electrons. The summed E-state index contributed by atoms with van der Waals surface area (Å²) in [7, 11) is -1.90. The molecule has 0 N–H and O–H groups in total. The van der Waals surface area contributed by atoms with E-state index in [1.807, 2.05) is 0 Å². The molecule has 3 rings (SSSR count). The fourth-order valence-electron chi connectivity index (χ4n) is 2.94. The normalized spacial score (nSPS) is 25.6. The minimum atomic E-state index is -4.81. The predicted octanol–water partition coefficient (Wildman–Crippen LogP) is 1.83. The Bertz CT molecular complexity index is 855. The maximum absolute atomic E-state index is 12.3. The summed E-state index contributed by atoms with van der Waals surface area (Å²) < 4.78 is 69.4. The summed E-state index contributed by atoms with van der Waals surface area (Å²) in [4.78, 5) is 17.4. The molecule has 27 heavy (non-hydrogen) atoms. The van der Waals surface area contributed by atoms with Gasteiger partial charge in [0.1, 0.15) is 12.4 Å². The smallest absolute Gasteiger partial charge is 0.406 e. The van der Waals surface area contributed by atoms with Crippen LogP contribution in [-0.4, -0.2) is 62.4 Å². The van der Waals surface area contributed by atoms with E-state index in [0.717, 1.165) is 23.9 Å². The van der Waals surface area contributed by atoms with E-state index in [1.165, 1.54) is 19.2 Å². The van der Waals surface area contributed by atoms with Gasteiger partial charge in [0.05, 0.1) is 17.5 Å². The summed E-state index contributed by atoms with van der Waals surface area (Å²) in [5.41, 5.74) is 0.422. The van der Waals surface area contributed by atoms with Crippen molar-refractivity contribution in [2.24, 2.45) is 4.99 Å². The van der Waals surface area contributed by atoms with Crippen LogP contribution >= 0.6 is 11.8 Å². The highest BCUT2D eigenvalue weighted by molar-refractivity contribution is 8.16. The number of hydrogen-bond donors (Lipinski definition) is 0. The Labute approximate surface area is 157 Å². The van der Waals surface area contributed by atoms with Crippen molar-refractivity contribution in [3.05, 3.63) is 24.3 Å². The number of methoxy groups -OCH3 is 1. The number of aliphatic imine (C=N–C) groups is 1. The highest BCUT2D eigenvalue weighted by Gasteiger charge is 2.49. The maximum atomic E-state index is 12.3. The number of amides is 1. The quantitative estimate of drug-likeness (QED) is 0.729. The number of alkyl halides is 3. The van der Waals surface area contributed by atoms with Crippen LogP contribution in [0.1, 0.15) is 0 Å². The van der Waals surface area contributed by atoms with Gasteiger partial charge in [-0.05, 0) is 24.3 Å². The molecule has 2 atom stereocenters. The van der Waals surface area contributed by atoms with Gasteiger partial charge in [0, 0.05) is 18.0 Å². The van der Waals surface area contributed by atoms with Crippen molar-refractivity contribution in [3.63, 3.8) is 0 Å². The van der Waals surface area contributed by atoms with Crippen molar-refractivity contribution in [3.8, 4) is 5.75 Å². The van der Waals surface area contributed by atoms with Crippen LogP contribution in [0.25, 0.3) is 0 Å². The van der Waals surface area contributed by atoms with Crippen molar-refractivity contribution in [2.45, 2.75) is 17.7 Å². The van der Waals surface area contributed by atoms with Gasteiger partial charge in [-0.15, -0.1) is 13.2 Å². The molecule has 0 spiro atoms. The second kappa shape index (κ2) is 7.32. The number of sulfone groups is 1. The summed E-state index contributed by atoms with van der Waals surface area (Å²) in [6.07, 6.45) is -4.81. The highest BCUT2D eigenvalue weighted by atomic mass is 32.2. The molecule has 2 fully saturated rings. The van der Waals surface area contributed by atoms with Gasteiger partial charge in [-0.25, -0.2) is 8.42 Å². The Morgan fingerprint density at radius 2 is 1.96 bits per heavy atom. The molecule has 7 nitrogen and oxygen atoms in total. The molecule has 1 aromatic rings. The van der Waals surface area contributed by atoms with Crippen molar-refractivity contribution in [2.75, 3.05) is 30.1 Å². The number of fused-ring (bicyclic) bond motifs is 1. The number of amidine groups is 1. The lowest BCUT2D eigenvalue weighted by atomic mass is 10.2. The van der Waals surface area contributed by atoms with E-state index < -0.39 is 33.9 Å². The van der Waals surface area contributed by atoms with E-state index >= 15 is 0 Å². The first-order valence-corrected chi connectivity index (χ1v) is 10.4. The molecule has 2 heterocycles. The number of carbonyl (C=O) groups is 1. The van der Waals surface area contributed by atoms with Crippen LogP contribution in [0.4, 0.5) is 18.9 Å². The number of anilines is 1. The number of benzene rings is 1. The van der Waals surface area contributed by atoms with Crippen molar-refractivity contribution in [1.29, 1.82) is 0 Å². The van der Waals surface area contributed by atoms with E-state index in [2.05, 4.69) is 9.73 Å². The number of carbonyl (C=O) groups excluding carboxylic acids is 1. The number of thioether (sulfide) groups is 1. The molecular formula is C15H15F3N2O5S2. The van der Waals surface area contributed by atoms with Crippen molar-refractivity contribution >= 4 is 38.4 Å². The summed E-state index contributed by atoms with van der Waals surface area (Å²) in [5, 5.41) is -0.0124. The third-order valence-corrected chi connectivity index (χ3v) is 7.11. The largest absolute Gasteiger partial charge is 0.573 e. The Morgan fingerprint density at radius 1 is 1.30 bits per heavy atom. The van der Waals surface area contributed by atoms with Crippen LogP contribution in [0, 0.1) is 0 Å². The summed E-state index contributed by atoms with van der Waals surface area (Å²) in [6.45, 7) is -0.232. The molecule has 2 aliphatic heterocycles. The lowest BCUT2D eigenvalue weighted by Gasteiger charge is -2.24.